The van der Waals surface area contributed by atoms with E-state index in [-0.39, 0.29) is 0 Å². The third-order valence-corrected chi connectivity index (χ3v) is 4.50. The third kappa shape index (κ3) is 2.16. The van der Waals surface area contributed by atoms with E-state index < -0.39 is 0 Å². The zero-order chi connectivity index (χ0) is 15.1. The van der Waals surface area contributed by atoms with Crippen LogP contribution in [0.25, 0.3) is 21.9 Å². The summed E-state index contributed by atoms with van der Waals surface area (Å²) in [6.45, 7) is 2.05. The molecule has 2 nitrogen and oxygen atoms in total. The molecule has 1 N–H and O–H groups in total. The molecule has 0 amide bonds. The molecule has 0 aliphatic heterocycles. The molecule has 2 heterocycles. The Morgan fingerprint density at radius 2 is 1.73 bits per heavy atom. The van der Waals surface area contributed by atoms with Gasteiger partial charge in [0.25, 0.3) is 0 Å². The highest BCUT2D eigenvalue weighted by molar-refractivity contribution is 6.31. The molecule has 2 aromatic carbocycles. The summed E-state index contributed by atoms with van der Waals surface area (Å²) in [4.78, 5) is 8.12. The Bertz CT molecular complexity index is 985. The van der Waals surface area contributed by atoms with Gasteiger partial charge in [0.05, 0.1) is 0 Å². The van der Waals surface area contributed by atoms with Crippen molar-refractivity contribution in [3.05, 3.63) is 76.4 Å². The SMILES string of the molecule is Cc1nc2[nH]c3ccccc3c2cc1Cc1ccccc1Cl. The largest absolute Gasteiger partial charge is 0.339 e. The Morgan fingerprint density at radius 3 is 2.59 bits per heavy atom. The van der Waals surface area contributed by atoms with Crippen LogP contribution in [-0.2, 0) is 6.42 Å². The number of halogens is 1. The fourth-order valence-corrected chi connectivity index (χ4v) is 3.13. The van der Waals surface area contributed by atoms with Crippen molar-refractivity contribution >= 4 is 33.5 Å². The number of para-hydroxylation sites is 1. The predicted molar refractivity (Wildman–Crippen MR) is 92.6 cm³/mol. The molecule has 0 aliphatic carbocycles. The lowest BCUT2D eigenvalue weighted by Gasteiger charge is -2.07. The molecule has 3 heteroatoms. The summed E-state index contributed by atoms with van der Waals surface area (Å²) in [5.41, 5.74) is 5.46. The van der Waals surface area contributed by atoms with Crippen LogP contribution >= 0.6 is 11.6 Å². The average molecular weight is 307 g/mol. The first-order valence-corrected chi connectivity index (χ1v) is 7.70. The second-order valence-electron chi connectivity index (χ2n) is 5.57. The van der Waals surface area contributed by atoms with Crippen molar-refractivity contribution < 1.29 is 0 Å². The Balaban J connectivity index is 1.89. The fraction of sp³-hybridized carbons (Fsp3) is 0.105. The highest BCUT2D eigenvalue weighted by atomic mass is 35.5. The Morgan fingerprint density at radius 1 is 0.955 bits per heavy atom. The summed E-state index contributed by atoms with van der Waals surface area (Å²) in [5.74, 6) is 0. The molecule has 4 rings (SSSR count). The highest BCUT2D eigenvalue weighted by Crippen LogP contribution is 2.28. The van der Waals surface area contributed by atoms with Gasteiger partial charge in [-0.25, -0.2) is 4.98 Å². The molecule has 0 aliphatic rings. The van der Waals surface area contributed by atoms with Crippen LogP contribution in [-0.4, -0.2) is 9.97 Å². The number of nitrogens with one attached hydrogen (secondary N) is 1. The minimum Gasteiger partial charge on any atom is -0.339 e. The highest BCUT2D eigenvalue weighted by Gasteiger charge is 2.10. The number of aryl methyl sites for hydroxylation is 1. The van der Waals surface area contributed by atoms with Crippen LogP contribution in [0.4, 0.5) is 0 Å². The number of hydrogen-bond donors (Lipinski definition) is 1. The summed E-state index contributed by atoms with van der Waals surface area (Å²) >= 11 is 6.29. The maximum Gasteiger partial charge on any atom is 0.138 e. The van der Waals surface area contributed by atoms with E-state index in [0.717, 1.165) is 33.9 Å². The fourth-order valence-electron chi connectivity index (χ4n) is 2.93. The Labute approximate surface area is 133 Å². The van der Waals surface area contributed by atoms with Gasteiger partial charge in [0, 0.05) is 33.4 Å². The van der Waals surface area contributed by atoms with Crippen LogP contribution in [0.3, 0.4) is 0 Å². The topological polar surface area (TPSA) is 28.7 Å². The molecule has 0 unspecified atom stereocenters. The lowest BCUT2D eigenvalue weighted by atomic mass is 10.0. The lowest BCUT2D eigenvalue weighted by molar-refractivity contribution is 1.10. The molecule has 2 aromatic heterocycles. The smallest absolute Gasteiger partial charge is 0.138 e. The number of H-pyrrole nitrogens is 1. The molecular weight excluding hydrogens is 292 g/mol. The van der Waals surface area contributed by atoms with E-state index >= 15 is 0 Å². The van der Waals surface area contributed by atoms with Crippen LogP contribution in [0.1, 0.15) is 16.8 Å². The number of aromatic amines is 1. The van der Waals surface area contributed by atoms with Gasteiger partial charge in [-0.15, -0.1) is 0 Å². The van der Waals surface area contributed by atoms with E-state index in [9.17, 15) is 0 Å². The quantitative estimate of drug-likeness (QED) is 0.537. The van der Waals surface area contributed by atoms with Crippen molar-refractivity contribution in [1.29, 1.82) is 0 Å². The molecule has 0 radical (unpaired) electrons. The first-order valence-electron chi connectivity index (χ1n) is 7.33. The molecular formula is C19H15ClN2. The maximum absolute atomic E-state index is 6.29. The van der Waals surface area contributed by atoms with Crippen LogP contribution < -0.4 is 0 Å². The standard InChI is InChI=1S/C19H15ClN2/c1-12-14(10-13-6-2-4-8-17(13)20)11-16-15-7-3-5-9-18(15)22-19(16)21-12/h2-9,11H,10H2,1H3,(H,21,22). The van der Waals surface area contributed by atoms with Crippen molar-refractivity contribution in [3.8, 4) is 0 Å². The van der Waals surface area contributed by atoms with Gasteiger partial charge in [0.15, 0.2) is 0 Å². The summed E-state index contributed by atoms with van der Waals surface area (Å²) in [7, 11) is 0. The van der Waals surface area contributed by atoms with Gasteiger partial charge in [0.2, 0.25) is 0 Å². The molecule has 0 spiro atoms. The molecule has 0 atom stereocenters. The minimum absolute atomic E-state index is 0.800. The van der Waals surface area contributed by atoms with Crippen LogP contribution in [0.2, 0.25) is 5.02 Å². The van der Waals surface area contributed by atoms with Crippen molar-refractivity contribution in [3.63, 3.8) is 0 Å². The van der Waals surface area contributed by atoms with Gasteiger partial charge in [-0.2, -0.15) is 0 Å². The molecule has 0 saturated carbocycles. The molecule has 0 bridgehead atoms. The van der Waals surface area contributed by atoms with Gasteiger partial charge in [-0.05, 0) is 36.2 Å². The number of fused-ring (bicyclic) bond motifs is 3. The van der Waals surface area contributed by atoms with E-state index in [0.29, 0.717) is 0 Å². The van der Waals surface area contributed by atoms with E-state index in [4.69, 9.17) is 16.6 Å². The van der Waals surface area contributed by atoms with Crippen LogP contribution in [0.5, 0.6) is 0 Å². The second-order valence-corrected chi connectivity index (χ2v) is 5.98. The number of pyridine rings is 1. The minimum atomic E-state index is 0.800. The number of rotatable bonds is 2. The first-order chi connectivity index (χ1) is 10.7. The van der Waals surface area contributed by atoms with E-state index in [1.54, 1.807) is 0 Å². The maximum atomic E-state index is 6.29. The number of nitrogens with zero attached hydrogens (tertiary/aromatic N) is 1. The molecule has 22 heavy (non-hydrogen) atoms. The molecule has 108 valence electrons. The van der Waals surface area contributed by atoms with Crippen LogP contribution in [0.15, 0.2) is 54.6 Å². The monoisotopic (exact) mass is 306 g/mol. The van der Waals surface area contributed by atoms with Gasteiger partial charge in [-0.1, -0.05) is 48.0 Å². The van der Waals surface area contributed by atoms with Crippen molar-refractivity contribution in [2.24, 2.45) is 0 Å². The van der Waals surface area contributed by atoms with E-state index in [1.165, 1.54) is 16.3 Å². The average Bonchev–Trinajstić information content (AvgIpc) is 2.87. The summed E-state index contributed by atoms with van der Waals surface area (Å²) in [5, 5.41) is 3.19. The normalized spacial score (nSPS) is 11.4. The number of benzene rings is 2. The Hall–Kier alpha value is -2.32. The number of hydrogen-bond acceptors (Lipinski definition) is 1. The zero-order valence-corrected chi connectivity index (χ0v) is 13.0. The van der Waals surface area contributed by atoms with Crippen molar-refractivity contribution in [2.45, 2.75) is 13.3 Å². The van der Waals surface area contributed by atoms with Crippen molar-refractivity contribution in [2.75, 3.05) is 0 Å². The lowest BCUT2D eigenvalue weighted by Crippen LogP contribution is -1.95. The summed E-state index contributed by atoms with van der Waals surface area (Å²) < 4.78 is 0. The van der Waals surface area contributed by atoms with E-state index in [2.05, 4.69) is 42.2 Å². The predicted octanol–water partition coefficient (Wildman–Crippen LogP) is 5.27. The summed E-state index contributed by atoms with van der Waals surface area (Å²) in [6.07, 6.45) is 0.800. The molecule has 0 fully saturated rings. The van der Waals surface area contributed by atoms with Gasteiger partial charge in [-0.3, -0.25) is 0 Å². The Kier molecular flexibility index (Phi) is 3.12. The van der Waals surface area contributed by atoms with Gasteiger partial charge < -0.3 is 4.98 Å². The molecule has 4 aromatic rings. The number of aromatic nitrogens is 2. The first kappa shape index (κ1) is 13.4. The van der Waals surface area contributed by atoms with E-state index in [1.807, 2.05) is 24.3 Å². The van der Waals surface area contributed by atoms with Gasteiger partial charge in [0.1, 0.15) is 5.65 Å². The third-order valence-electron chi connectivity index (χ3n) is 4.13. The second kappa shape index (κ2) is 5.15. The van der Waals surface area contributed by atoms with Gasteiger partial charge >= 0.3 is 0 Å². The summed E-state index contributed by atoms with van der Waals surface area (Å²) in [6, 6.07) is 18.5. The van der Waals surface area contributed by atoms with Crippen molar-refractivity contribution in [1.82, 2.24) is 9.97 Å². The molecule has 0 saturated heterocycles. The van der Waals surface area contributed by atoms with Crippen LogP contribution in [0, 0.1) is 6.92 Å². The zero-order valence-electron chi connectivity index (χ0n) is 12.2.